The van der Waals surface area contributed by atoms with E-state index in [0.29, 0.717) is 40.9 Å². The van der Waals surface area contributed by atoms with Crippen molar-refractivity contribution >= 4 is 39.4 Å². The minimum absolute atomic E-state index is 0.194. The molecular formula is C23H20N6O2. The molecule has 3 heterocycles. The number of hydrogen-bond acceptors (Lipinski definition) is 6. The molecule has 0 aliphatic heterocycles. The van der Waals surface area contributed by atoms with Crippen LogP contribution in [0.15, 0.2) is 64.8 Å². The predicted octanol–water partition coefficient (Wildman–Crippen LogP) is 3.13. The zero-order chi connectivity index (χ0) is 21.4. The zero-order valence-electron chi connectivity index (χ0n) is 17.2. The maximum Gasteiger partial charge on any atom is 0.265 e. The van der Waals surface area contributed by atoms with Crippen molar-refractivity contribution in [1.29, 1.82) is 0 Å². The van der Waals surface area contributed by atoms with Crippen molar-refractivity contribution in [3.8, 4) is 0 Å². The van der Waals surface area contributed by atoms with Crippen LogP contribution in [0.4, 0.5) is 0 Å². The minimum atomic E-state index is -0.194. The number of hydrogen-bond donors (Lipinski definition) is 0. The largest absolute Gasteiger partial charge is 0.383 e. The van der Waals surface area contributed by atoms with Crippen LogP contribution >= 0.6 is 0 Å². The zero-order valence-corrected chi connectivity index (χ0v) is 17.2. The van der Waals surface area contributed by atoms with Gasteiger partial charge in [0, 0.05) is 7.11 Å². The average molecular weight is 412 g/mol. The summed E-state index contributed by atoms with van der Waals surface area (Å²) in [6, 6.07) is 15.6. The van der Waals surface area contributed by atoms with Crippen LogP contribution in [-0.4, -0.2) is 44.1 Å². The van der Waals surface area contributed by atoms with E-state index < -0.39 is 0 Å². The van der Waals surface area contributed by atoms with Gasteiger partial charge in [0.25, 0.3) is 5.56 Å². The smallest absolute Gasteiger partial charge is 0.265 e. The summed E-state index contributed by atoms with van der Waals surface area (Å²) >= 11 is 0. The Hall–Kier alpha value is -3.91. The molecule has 154 valence electrons. The fraction of sp³-hybridized carbons (Fsp3) is 0.174. The molecule has 2 aromatic carbocycles. The lowest BCUT2D eigenvalue weighted by atomic mass is 10.2. The van der Waals surface area contributed by atoms with Gasteiger partial charge in [-0.15, -0.1) is 0 Å². The lowest BCUT2D eigenvalue weighted by molar-refractivity contribution is 0.186. The van der Waals surface area contributed by atoms with Crippen LogP contribution in [0.3, 0.4) is 0 Å². The highest BCUT2D eigenvalue weighted by molar-refractivity contribution is 6.04. The van der Waals surface area contributed by atoms with Gasteiger partial charge in [0.2, 0.25) is 0 Å². The van der Waals surface area contributed by atoms with E-state index in [1.165, 1.54) is 16.5 Å². The Bertz CT molecular complexity index is 1500. The number of methoxy groups -OCH3 is 1. The van der Waals surface area contributed by atoms with Crippen molar-refractivity contribution in [2.75, 3.05) is 13.7 Å². The Balaban J connectivity index is 1.79. The van der Waals surface area contributed by atoms with E-state index in [9.17, 15) is 4.79 Å². The standard InChI is InChI=1S/C23H20N6O2/c1-15-7-9-16(10-8-15)13-25-29-21-19(23(30)28(14-24-21)11-12-31-2)20-22(29)27-18-6-4-3-5-17(18)26-20/h3-10,13-14H,11-12H2,1-2H3/b25-13+. The third kappa shape index (κ3) is 3.36. The third-order valence-corrected chi connectivity index (χ3v) is 5.14. The van der Waals surface area contributed by atoms with E-state index in [2.05, 4.69) is 10.1 Å². The fourth-order valence-corrected chi connectivity index (χ4v) is 3.49. The Morgan fingerprint density at radius 2 is 1.77 bits per heavy atom. The molecule has 0 saturated heterocycles. The number of aryl methyl sites for hydroxylation is 1. The van der Waals surface area contributed by atoms with Gasteiger partial charge in [0.1, 0.15) is 17.2 Å². The second-order valence-electron chi connectivity index (χ2n) is 7.29. The van der Waals surface area contributed by atoms with Crippen LogP contribution < -0.4 is 5.56 Å². The summed E-state index contributed by atoms with van der Waals surface area (Å²) in [4.78, 5) is 27.3. The van der Waals surface area contributed by atoms with Gasteiger partial charge < -0.3 is 4.74 Å². The molecule has 0 spiro atoms. The van der Waals surface area contributed by atoms with E-state index in [1.807, 2.05) is 55.5 Å². The first-order valence-corrected chi connectivity index (χ1v) is 9.92. The lowest BCUT2D eigenvalue weighted by Crippen LogP contribution is -2.22. The van der Waals surface area contributed by atoms with E-state index >= 15 is 0 Å². The number of ether oxygens (including phenoxy) is 1. The highest BCUT2D eigenvalue weighted by Gasteiger charge is 2.19. The second kappa shape index (κ2) is 7.73. The first kappa shape index (κ1) is 19.1. The van der Waals surface area contributed by atoms with E-state index in [-0.39, 0.29) is 5.56 Å². The molecule has 0 aliphatic carbocycles. The van der Waals surface area contributed by atoms with Crippen LogP contribution in [0, 0.1) is 6.92 Å². The van der Waals surface area contributed by atoms with Crippen molar-refractivity contribution in [3.05, 3.63) is 76.3 Å². The molecule has 3 aromatic heterocycles. The Labute approximate surface area is 177 Å². The van der Waals surface area contributed by atoms with Gasteiger partial charge in [-0.25, -0.2) is 15.0 Å². The van der Waals surface area contributed by atoms with Gasteiger partial charge in [0.05, 0.1) is 30.4 Å². The first-order valence-electron chi connectivity index (χ1n) is 9.92. The summed E-state index contributed by atoms with van der Waals surface area (Å²) in [6.07, 6.45) is 3.24. The molecule has 5 rings (SSSR count). The molecule has 8 heteroatoms. The van der Waals surface area contributed by atoms with Crippen LogP contribution in [0.1, 0.15) is 11.1 Å². The maximum absolute atomic E-state index is 13.2. The van der Waals surface area contributed by atoms with Gasteiger partial charge >= 0.3 is 0 Å². The molecule has 0 aliphatic rings. The number of fused-ring (bicyclic) bond motifs is 4. The van der Waals surface area contributed by atoms with E-state index in [1.54, 1.807) is 18.0 Å². The lowest BCUT2D eigenvalue weighted by Gasteiger charge is -2.04. The van der Waals surface area contributed by atoms with Crippen LogP contribution in [-0.2, 0) is 11.3 Å². The fourth-order valence-electron chi connectivity index (χ4n) is 3.49. The monoisotopic (exact) mass is 412 g/mol. The number of benzene rings is 2. The third-order valence-electron chi connectivity index (χ3n) is 5.14. The predicted molar refractivity (Wildman–Crippen MR) is 121 cm³/mol. The summed E-state index contributed by atoms with van der Waals surface area (Å²) in [5.41, 5.74) is 4.75. The molecule has 0 N–H and O–H groups in total. The topological polar surface area (TPSA) is 87.2 Å². The number of aromatic nitrogens is 5. The van der Waals surface area contributed by atoms with E-state index in [0.717, 1.165) is 11.1 Å². The van der Waals surface area contributed by atoms with Crippen molar-refractivity contribution < 1.29 is 4.74 Å². The molecule has 5 aromatic rings. The van der Waals surface area contributed by atoms with Crippen molar-refractivity contribution in [2.24, 2.45) is 5.10 Å². The van der Waals surface area contributed by atoms with Crippen LogP contribution in [0.2, 0.25) is 0 Å². The molecule has 0 atom stereocenters. The van der Waals surface area contributed by atoms with Gasteiger partial charge in [-0.05, 0) is 24.6 Å². The quantitative estimate of drug-likeness (QED) is 0.414. The molecule has 0 bridgehead atoms. The number of para-hydroxylation sites is 2. The van der Waals surface area contributed by atoms with Gasteiger partial charge in [-0.1, -0.05) is 42.0 Å². The van der Waals surface area contributed by atoms with Gasteiger partial charge in [-0.3, -0.25) is 9.36 Å². The SMILES string of the molecule is COCCn1cnc2c(c1=O)c1nc3ccccc3nc1n2/N=C/c1ccc(C)cc1. The average Bonchev–Trinajstić information content (AvgIpc) is 3.10. The molecule has 0 saturated carbocycles. The normalized spacial score (nSPS) is 11.9. The molecule has 0 amide bonds. The molecular weight excluding hydrogens is 392 g/mol. The summed E-state index contributed by atoms with van der Waals surface area (Å²) in [5.74, 6) is 0. The molecule has 0 fully saturated rings. The molecule has 0 radical (unpaired) electrons. The van der Waals surface area contributed by atoms with E-state index in [4.69, 9.17) is 14.7 Å². The van der Waals surface area contributed by atoms with Crippen LogP contribution in [0.25, 0.3) is 33.2 Å². The molecule has 8 nitrogen and oxygen atoms in total. The Kier molecular flexibility index (Phi) is 4.76. The Morgan fingerprint density at radius 1 is 1.03 bits per heavy atom. The summed E-state index contributed by atoms with van der Waals surface area (Å²) in [6.45, 7) is 2.84. The summed E-state index contributed by atoms with van der Waals surface area (Å²) < 4.78 is 8.23. The van der Waals surface area contributed by atoms with Crippen molar-refractivity contribution in [2.45, 2.75) is 13.5 Å². The van der Waals surface area contributed by atoms with Gasteiger partial charge in [0.15, 0.2) is 11.3 Å². The van der Waals surface area contributed by atoms with Crippen LogP contribution in [0.5, 0.6) is 0 Å². The van der Waals surface area contributed by atoms with Gasteiger partial charge in [-0.2, -0.15) is 9.78 Å². The number of nitrogens with zero attached hydrogens (tertiary/aromatic N) is 6. The maximum atomic E-state index is 13.2. The summed E-state index contributed by atoms with van der Waals surface area (Å²) in [7, 11) is 1.60. The highest BCUT2D eigenvalue weighted by atomic mass is 16.5. The first-order chi connectivity index (χ1) is 15.2. The molecule has 31 heavy (non-hydrogen) atoms. The molecule has 0 unspecified atom stereocenters. The second-order valence-corrected chi connectivity index (χ2v) is 7.29. The minimum Gasteiger partial charge on any atom is -0.383 e. The highest BCUT2D eigenvalue weighted by Crippen LogP contribution is 2.24. The Morgan fingerprint density at radius 3 is 2.52 bits per heavy atom. The van der Waals surface area contributed by atoms with Crippen molar-refractivity contribution in [3.63, 3.8) is 0 Å². The summed E-state index contributed by atoms with van der Waals surface area (Å²) in [5, 5.41) is 5.01. The van der Waals surface area contributed by atoms with Crippen molar-refractivity contribution in [1.82, 2.24) is 24.2 Å². The number of rotatable bonds is 5.